The fraction of sp³-hybridized carbons (Fsp3) is 0.900. The van der Waals surface area contributed by atoms with Gasteiger partial charge in [-0.3, -0.25) is 4.79 Å². The second-order valence-electron chi connectivity index (χ2n) is 3.79. The summed E-state index contributed by atoms with van der Waals surface area (Å²) in [7, 11) is 1.66. The minimum absolute atomic E-state index is 0.0399. The SMILES string of the molecule is COC1CC(C)COC1COC(C)=O. The van der Waals surface area contributed by atoms with Gasteiger partial charge in [0.05, 0.1) is 6.10 Å². The summed E-state index contributed by atoms with van der Waals surface area (Å²) in [6.45, 7) is 4.52. The van der Waals surface area contributed by atoms with Gasteiger partial charge in [0.25, 0.3) is 0 Å². The van der Waals surface area contributed by atoms with Gasteiger partial charge in [0.2, 0.25) is 0 Å². The standard InChI is InChI=1S/C10H18O4/c1-7-4-9(12-3)10(14-5-7)6-13-8(2)11/h7,9-10H,4-6H2,1-3H3. The van der Waals surface area contributed by atoms with Crippen LogP contribution in [0.15, 0.2) is 0 Å². The zero-order valence-electron chi connectivity index (χ0n) is 8.99. The Morgan fingerprint density at radius 2 is 2.29 bits per heavy atom. The number of hydrogen-bond acceptors (Lipinski definition) is 4. The van der Waals surface area contributed by atoms with E-state index in [1.807, 2.05) is 0 Å². The molecule has 0 aromatic rings. The highest BCUT2D eigenvalue weighted by Gasteiger charge is 2.30. The van der Waals surface area contributed by atoms with Crippen LogP contribution in [-0.4, -0.2) is 38.5 Å². The molecule has 0 radical (unpaired) electrons. The van der Waals surface area contributed by atoms with E-state index in [1.165, 1.54) is 6.92 Å². The number of ether oxygens (including phenoxy) is 3. The van der Waals surface area contributed by atoms with E-state index in [9.17, 15) is 4.79 Å². The zero-order chi connectivity index (χ0) is 10.6. The molecule has 0 N–H and O–H groups in total. The first-order valence-electron chi connectivity index (χ1n) is 4.91. The molecule has 1 fully saturated rings. The molecule has 1 saturated heterocycles. The van der Waals surface area contributed by atoms with Crippen molar-refractivity contribution in [2.45, 2.75) is 32.5 Å². The zero-order valence-corrected chi connectivity index (χ0v) is 8.99. The summed E-state index contributed by atoms with van der Waals surface area (Å²) in [5, 5.41) is 0. The minimum Gasteiger partial charge on any atom is -0.463 e. The number of esters is 1. The average Bonchev–Trinajstić information content (AvgIpc) is 2.15. The van der Waals surface area contributed by atoms with Gasteiger partial charge in [0, 0.05) is 20.6 Å². The van der Waals surface area contributed by atoms with E-state index in [-0.39, 0.29) is 18.2 Å². The van der Waals surface area contributed by atoms with Crippen LogP contribution in [0, 0.1) is 5.92 Å². The van der Waals surface area contributed by atoms with E-state index >= 15 is 0 Å². The molecule has 0 bridgehead atoms. The Bertz CT molecular complexity index is 193. The predicted octanol–water partition coefficient (Wildman–Crippen LogP) is 0.990. The predicted molar refractivity (Wildman–Crippen MR) is 51.0 cm³/mol. The third kappa shape index (κ3) is 3.27. The van der Waals surface area contributed by atoms with Crippen LogP contribution in [0.1, 0.15) is 20.3 Å². The first-order chi connectivity index (χ1) is 6.63. The monoisotopic (exact) mass is 202 g/mol. The van der Waals surface area contributed by atoms with Gasteiger partial charge >= 0.3 is 5.97 Å². The molecule has 0 spiro atoms. The van der Waals surface area contributed by atoms with Gasteiger partial charge in [0.1, 0.15) is 12.7 Å². The molecule has 82 valence electrons. The number of methoxy groups -OCH3 is 1. The Morgan fingerprint density at radius 3 is 2.86 bits per heavy atom. The van der Waals surface area contributed by atoms with Gasteiger partial charge < -0.3 is 14.2 Å². The summed E-state index contributed by atoms with van der Waals surface area (Å²) in [4.78, 5) is 10.6. The normalized spacial score (nSPS) is 32.6. The van der Waals surface area contributed by atoms with E-state index < -0.39 is 0 Å². The highest BCUT2D eigenvalue weighted by molar-refractivity contribution is 5.65. The molecule has 3 unspecified atom stereocenters. The molecule has 0 amide bonds. The number of carbonyl (C=O) groups is 1. The van der Waals surface area contributed by atoms with Crippen LogP contribution >= 0.6 is 0 Å². The lowest BCUT2D eigenvalue weighted by Gasteiger charge is -2.33. The first kappa shape index (κ1) is 11.5. The van der Waals surface area contributed by atoms with Gasteiger partial charge in [-0.15, -0.1) is 0 Å². The molecule has 0 aromatic carbocycles. The first-order valence-corrected chi connectivity index (χ1v) is 4.91. The lowest BCUT2D eigenvalue weighted by Crippen LogP contribution is -2.42. The molecule has 1 rings (SSSR count). The van der Waals surface area contributed by atoms with Crippen LogP contribution in [0.4, 0.5) is 0 Å². The van der Waals surface area contributed by atoms with Gasteiger partial charge in [-0.25, -0.2) is 0 Å². The Kier molecular flexibility index (Phi) is 4.35. The molecule has 0 saturated carbocycles. The van der Waals surface area contributed by atoms with Crippen molar-refractivity contribution in [3.8, 4) is 0 Å². The molecule has 3 atom stereocenters. The third-order valence-corrected chi connectivity index (χ3v) is 2.40. The quantitative estimate of drug-likeness (QED) is 0.640. The summed E-state index contributed by atoms with van der Waals surface area (Å²) in [5.74, 6) is 0.232. The Hall–Kier alpha value is -0.610. The fourth-order valence-electron chi connectivity index (χ4n) is 1.61. The summed E-state index contributed by atoms with van der Waals surface area (Å²) in [5.41, 5.74) is 0. The summed E-state index contributed by atoms with van der Waals surface area (Å²) < 4.78 is 15.7. The van der Waals surface area contributed by atoms with Gasteiger partial charge in [-0.1, -0.05) is 6.92 Å². The maximum atomic E-state index is 10.6. The Labute approximate surface area is 84.5 Å². The van der Waals surface area contributed by atoms with Crippen molar-refractivity contribution in [1.82, 2.24) is 0 Å². The second-order valence-corrected chi connectivity index (χ2v) is 3.79. The van der Waals surface area contributed by atoms with Gasteiger partial charge in [0.15, 0.2) is 0 Å². The molecule has 0 aromatic heterocycles. The molecule has 1 heterocycles. The summed E-state index contributed by atoms with van der Waals surface area (Å²) in [6.07, 6.45) is 0.890. The van der Waals surface area contributed by atoms with Crippen molar-refractivity contribution >= 4 is 5.97 Å². The summed E-state index contributed by atoms with van der Waals surface area (Å²) in [6, 6.07) is 0. The fourth-order valence-corrected chi connectivity index (χ4v) is 1.61. The second kappa shape index (κ2) is 5.32. The van der Waals surface area contributed by atoms with Crippen LogP contribution in [0.5, 0.6) is 0 Å². The topological polar surface area (TPSA) is 44.8 Å². The van der Waals surface area contributed by atoms with Crippen molar-refractivity contribution in [1.29, 1.82) is 0 Å². The number of hydrogen-bond donors (Lipinski definition) is 0. The Morgan fingerprint density at radius 1 is 1.57 bits per heavy atom. The highest BCUT2D eigenvalue weighted by atomic mass is 16.6. The number of carbonyl (C=O) groups excluding carboxylic acids is 1. The van der Waals surface area contributed by atoms with Crippen LogP contribution in [0.25, 0.3) is 0 Å². The van der Waals surface area contributed by atoms with E-state index in [1.54, 1.807) is 7.11 Å². The van der Waals surface area contributed by atoms with Gasteiger partial charge in [-0.2, -0.15) is 0 Å². The van der Waals surface area contributed by atoms with Crippen molar-refractivity contribution in [3.63, 3.8) is 0 Å². The average molecular weight is 202 g/mol. The van der Waals surface area contributed by atoms with Crippen molar-refractivity contribution in [2.75, 3.05) is 20.3 Å². The largest absolute Gasteiger partial charge is 0.463 e. The molecule has 0 aliphatic carbocycles. The van der Waals surface area contributed by atoms with Crippen molar-refractivity contribution in [2.24, 2.45) is 5.92 Å². The Balaban J connectivity index is 2.38. The lowest BCUT2D eigenvalue weighted by atomic mass is 9.98. The van der Waals surface area contributed by atoms with Crippen LogP contribution in [0.3, 0.4) is 0 Å². The minimum atomic E-state index is -0.276. The smallest absolute Gasteiger partial charge is 0.302 e. The van der Waals surface area contributed by atoms with E-state index in [2.05, 4.69) is 6.92 Å². The maximum absolute atomic E-state index is 10.6. The lowest BCUT2D eigenvalue weighted by molar-refractivity contribution is -0.159. The molecule has 1 aliphatic heterocycles. The van der Waals surface area contributed by atoms with Gasteiger partial charge in [-0.05, 0) is 12.3 Å². The molecule has 14 heavy (non-hydrogen) atoms. The molecular formula is C10H18O4. The number of rotatable bonds is 3. The van der Waals surface area contributed by atoms with Crippen molar-refractivity contribution in [3.05, 3.63) is 0 Å². The molecule has 1 aliphatic rings. The van der Waals surface area contributed by atoms with Crippen LogP contribution in [-0.2, 0) is 19.0 Å². The van der Waals surface area contributed by atoms with E-state index in [4.69, 9.17) is 14.2 Å². The van der Waals surface area contributed by atoms with Crippen molar-refractivity contribution < 1.29 is 19.0 Å². The van der Waals surface area contributed by atoms with Crippen LogP contribution in [0.2, 0.25) is 0 Å². The third-order valence-electron chi connectivity index (χ3n) is 2.40. The molecular weight excluding hydrogens is 184 g/mol. The van der Waals surface area contributed by atoms with E-state index in [0.29, 0.717) is 19.1 Å². The van der Waals surface area contributed by atoms with Crippen LogP contribution < -0.4 is 0 Å². The molecule has 4 nitrogen and oxygen atoms in total. The molecule has 4 heteroatoms. The summed E-state index contributed by atoms with van der Waals surface area (Å²) >= 11 is 0. The van der Waals surface area contributed by atoms with E-state index in [0.717, 1.165) is 6.42 Å². The maximum Gasteiger partial charge on any atom is 0.302 e. The highest BCUT2D eigenvalue weighted by Crippen LogP contribution is 2.21.